The van der Waals surface area contributed by atoms with Crippen molar-refractivity contribution in [3.63, 3.8) is 0 Å². The maximum absolute atomic E-state index is 9.32. The van der Waals surface area contributed by atoms with Gasteiger partial charge in [-0.3, -0.25) is 0 Å². The lowest BCUT2D eigenvalue weighted by Crippen LogP contribution is -2.39. The van der Waals surface area contributed by atoms with Gasteiger partial charge < -0.3 is 15.2 Å². The average molecular weight is 249 g/mol. The molecule has 0 aliphatic heterocycles. The van der Waals surface area contributed by atoms with Gasteiger partial charge in [0.2, 0.25) is 0 Å². The van der Waals surface area contributed by atoms with Gasteiger partial charge in [-0.1, -0.05) is 17.7 Å². The Morgan fingerprint density at radius 3 is 2.39 bits per heavy atom. The zero-order valence-corrected chi connectivity index (χ0v) is 11.5. The highest BCUT2D eigenvalue weighted by atomic mass is 16.5. The van der Waals surface area contributed by atoms with Crippen LogP contribution in [0.25, 0.3) is 0 Å². The van der Waals surface area contributed by atoms with Crippen molar-refractivity contribution in [3.05, 3.63) is 28.8 Å². The second-order valence-corrected chi connectivity index (χ2v) is 5.36. The number of nitrogens with one attached hydrogen (secondary N) is 1. The van der Waals surface area contributed by atoms with Gasteiger partial charge >= 0.3 is 0 Å². The van der Waals surface area contributed by atoms with Gasteiger partial charge in [0, 0.05) is 6.04 Å². The molecule has 0 heterocycles. The predicted molar refractivity (Wildman–Crippen MR) is 73.2 cm³/mol. The summed E-state index contributed by atoms with van der Waals surface area (Å²) >= 11 is 0. The van der Waals surface area contributed by atoms with Crippen LogP contribution in [0.3, 0.4) is 0 Å². The van der Waals surface area contributed by atoms with E-state index in [0.717, 1.165) is 16.9 Å². The average Bonchev–Trinajstić information content (AvgIpc) is 3.09. The van der Waals surface area contributed by atoms with Gasteiger partial charge in [0.1, 0.15) is 12.4 Å². The van der Waals surface area contributed by atoms with Crippen LogP contribution >= 0.6 is 0 Å². The van der Waals surface area contributed by atoms with E-state index in [-0.39, 0.29) is 12.6 Å². The number of ether oxygens (including phenoxy) is 1. The number of aryl methyl sites for hydroxylation is 3. The third kappa shape index (κ3) is 3.47. The van der Waals surface area contributed by atoms with E-state index in [4.69, 9.17) is 4.74 Å². The van der Waals surface area contributed by atoms with E-state index >= 15 is 0 Å². The largest absolute Gasteiger partial charge is 0.491 e. The number of hydrogen-bond acceptors (Lipinski definition) is 3. The van der Waals surface area contributed by atoms with Crippen LogP contribution in [0.1, 0.15) is 29.5 Å². The van der Waals surface area contributed by atoms with Crippen molar-refractivity contribution < 1.29 is 9.84 Å². The Bertz CT molecular complexity index is 390. The summed E-state index contributed by atoms with van der Waals surface area (Å²) in [6.07, 6.45) is 2.44. The highest BCUT2D eigenvalue weighted by molar-refractivity contribution is 5.42. The second-order valence-electron chi connectivity index (χ2n) is 5.36. The first kappa shape index (κ1) is 13.4. The number of benzene rings is 1. The van der Waals surface area contributed by atoms with Gasteiger partial charge in [-0.2, -0.15) is 0 Å². The molecule has 1 aromatic rings. The number of rotatable bonds is 6. The van der Waals surface area contributed by atoms with Crippen LogP contribution in [0.4, 0.5) is 0 Å². The van der Waals surface area contributed by atoms with Crippen molar-refractivity contribution in [2.45, 2.75) is 45.7 Å². The zero-order valence-electron chi connectivity index (χ0n) is 11.5. The van der Waals surface area contributed by atoms with Gasteiger partial charge in [-0.25, -0.2) is 0 Å². The SMILES string of the molecule is Cc1cc(C)c(OCC(CO)NC2CC2)c(C)c1. The summed E-state index contributed by atoms with van der Waals surface area (Å²) in [5.74, 6) is 0.955. The normalized spacial score (nSPS) is 16.7. The standard InChI is InChI=1S/C15H23NO2/c1-10-6-11(2)15(12(3)7-10)18-9-14(8-17)16-13-4-5-13/h6-7,13-14,16-17H,4-5,8-9H2,1-3H3. The molecule has 1 saturated carbocycles. The highest BCUT2D eigenvalue weighted by Crippen LogP contribution is 2.25. The minimum Gasteiger partial charge on any atom is -0.491 e. The Kier molecular flexibility index (Phi) is 4.25. The van der Waals surface area contributed by atoms with Crippen molar-refractivity contribution in [3.8, 4) is 5.75 Å². The maximum atomic E-state index is 9.32. The molecule has 100 valence electrons. The number of aliphatic hydroxyl groups is 1. The molecular weight excluding hydrogens is 226 g/mol. The molecule has 0 bridgehead atoms. The summed E-state index contributed by atoms with van der Waals surface area (Å²) in [5.41, 5.74) is 3.58. The van der Waals surface area contributed by atoms with Gasteiger partial charge in [0.15, 0.2) is 0 Å². The summed E-state index contributed by atoms with van der Waals surface area (Å²) in [5, 5.41) is 12.7. The van der Waals surface area contributed by atoms with Crippen molar-refractivity contribution in [2.75, 3.05) is 13.2 Å². The molecule has 0 spiro atoms. The third-order valence-corrected chi connectivity index (χ3v) is 3.30. The smallest absolute Gasteiger partial charge is 0.125 e. The second kappa shape index (κ2) is 5.72. The van der Waals surface area contributed by atoms with Gasteiger partial charge in [-0.15, -0.1) is 0 Å². The van der Waals surface area contributed by atoms with E-state index in [1.807, 2.05) is 0 Å². The summed E-state index contributed by atoms with van der Waals surface area (Å²) < 4.78 is 5.88. The van der Waals surface area contributed by atoms with E-state index < -0.39 is 0 Å². The minimum atomic E-state index is 0.0394. The maximum Gasteiger partial charge on any atom is 0.125 e. The number of hydrogen-bond donors (Lipinski definition) is 2. The van der Waals surface area contributed by atoms with Crippen LogP contribution in [0.2, 0.25) is 0 Å². The lowest BCUT2D eigenvalue weighted by atomic mass is 10.1. The molecule has 0 saturated heterocycles. The van der Waals surface area contributed by atoms with Gasteiger partial charge in [0.25, 0.3) is 0 Å². The Hall–Kier alpha value is -1.06. The Labute approximate surface area is 109 Å². The molecule has 3 heteroatoms. The Morgan fingerprint density at radius 1 is 1.28 bits per heavy atom. The fourth-order valence-corrected chi connectivity index (χ4v) is 2.32. The van der Waals surface area contributed by atoms with E-state index in [1.54, 1.807) is 0 Å². The first-order chi connectivity index (χ1) is 8.60. The Morgan fingerprint density at radius 2 is 1.89 bits per heavy atom. The van der Waals surface area contributed by atoms with Gasteiger partial charge in [-0.05, 0) is 44.7 Å². The molecule has 0 radical (unpaired) electrons. The molecule has 0 aromatic heterocycles. The van der Waals surface area contributed by atoms with E-state index in [9.17, 15) is 5.11 Å². The lowest BCUT2D eigenvalue weighted by molar-refractivity contribution is 0.181. The lowest BCUT2D eigenvalue weighted by Gasteiger charge is -2.19. The molecule has 1 fully saturated rings. The fourth-order valence-electron chi connectivity index (χ4n) is 2.32. The molecule has 1 aliphatic rings. The summed E-state index contributed by atoms with van der Waals surface area (Å²) in [4.78, 5) is 0. The van der Waals surface area contributed by atoms with E-state index in [0.29, 0.717) is 12.6 Å². The van der Waals surface area contributed by atoms with Crippen LogP contribution in [-0.2, 0) is 0 Å². The molecule has 1 aromatic carbocycles. The predicted octanol–water partition coefficient (Wildman–Crippen LogP) is 2.10. The first-order valence-electron chi connectivity index (χ1n) is 6.67. The molecule has 2 N–H and O–H groups in total. The topological polar surface area (TPSA) is 41.5 Å². The minimum absolute atomic E-state index is 0.0394. The van der Waals surface area contributed by atoms with Crippen LogP contribution in [0.15, 0.2) is 12.1 Å². The van der Waals surface area contributed by atoms with Crippen LogP contribution in [0, 0.1) is 20.8 Å². The van der Waals surface area contributed by atoms with Crippen molar-refractivity contribution in [2.24, 2.45) is 0 Å². The van der Waals surface area contributed by atoms with Crippen LogP contribution in [-0.4, -0.2) is 30.4 Å². The van der Waals surface area contributed by atoms with E-state index in [2.05, 4.69) is 38.2 Å². The zero-order chi connectivity index (χ0) is 13.1. The molecule has 3 nitrogen and oxygen atoms in total. The molecule has 1 aliphatic carbocycles. The molecular formula is C15H23NO2. The Balaban J connectivity index is 1.95. The summed E-state index contributed by atoms with van der Waals surface area (Å²) in [6, 6.07) is 4.89. The highest BCUT2D eigenvalue weighted by Gasteiger charge is 2.24. The van der Waals surface area contributed by atoms with Gasteiger partial charge in [0.05, 0.1) is 12.6 Å². The quantitative estimate of drug-likeness (QED) is 0.811. The molecule has 18 heavy (non-hydrogen) atoms. The van der Waals surface area contributed by atoms with Crippen molar-refractivity contribution >= 4 is 0 Å². The third-order valence-electron chi connectivity index (χ3n) is 3.30. The van der Waals surface area contributed by atoms with Crippen molar-refractivity contribution in [1.82, 2.24) is 5.32 Å². The van der Waals surface area contributed by atoms with E-state index in [1.165, 1.54) is 18.4 Å². The first-order valence-corrected chi connectivity index (χ1v) is 6.67. The molecule has 1 atom stereocenters. The summed E-state index contributed by atoms with van der Waals surface area (Å²) in [7, 11) is 0. The van der Waals surface area contributed by atoms with Crippen LogP contribution < -0.4 is 10.1 Å². The number of aliphatic hydroxyl groups excluding tert-OH is 1. The fraction of sp³-hybridized carbons (Fsp3) is 0.600. The van der Waals surface area contributed by atoms with Crippen molar-refractivity contribution in [1.29, 1.82) is 0 Å². The molecule has 1 unspecified atom stereocenters. The van der Waals surface area contributed by atoms with Crippen LogP contribution in [0.5, 0.6) is 5.75 Å². The monoisotopic (exact) mass is 249 g/mol. The molecule has 0 amide bonds. The summed E-state index contributed by atoms with van der Waals surface area (Å²) in [6.45, 7) is 6.88. The molecule has 2 rings (SSSR count).